The molecule has 0 radical (unpaired) electrons. The van der Waals surface area contributed by atoms with Crippen LogP contribution in [0.15, 0.2) is 42.9 Å². The molecule has 2 aromatic heterocycles. The maximum Gasteiger partial charge on any atom is 0.253 e. The van der Waals surface area contributed by atoms with Gasteiger partial charge in [-0.15, -0.1) is 6.42 Å². The third-order valence-electron chi connectivity index (χ3n) is 5.85. The second-order valence-electron chi connectivity index (χ2n) is 8.09. The molecule has 0 saturated carbocycles. The van der Waals surface area contributed by atoms with Crippen molar-refractivity contribution in [2.45, 2.75) is 25.4 Å². The van der Waals surface area contributed by atoms with Gasteiger partial charge in [0.1, 0.15) is 23.4 Å². The molecular weight excluding hydrogens is 420 g/mol. The Morgan fingerprint density at radius 1 is 1.30 bits per heavy atom. The van der Waals surface area contributed by atoms with E-state index in [2.05, 4.69) is 26.2 Å². The maximum atomic E-state index is 13.2. The number of aromatic nitrogens is 3. The first kappa shape index (κ1) is 22.3. The molecule has 1 aliphatic heterocycles. The third-order valence-corrected chi connectivity index (χ3v) is 5.85. The van der Waals surface area contributed by atoms with E-state index in [1.54, 1.807) is 17.2 Å². The number of carbonyl (C=O) groups excluding carboxylic acids is 2. The molecule has 0 aliphatic carbocycles. The van der Waals surface area contributed by atoms with Gasteiger partial charge in [-0.2, -0.15) is 0 Å². The van der Waals surface area contributed by atoms with Crippen LogP contribution in [0.4, 0.5) is 11.5 Å². The van der Waals surface area contributed by atoms with Crippen molar-refractivity contribution in [2.24, 2.45) is 0 Å². The standard InChI is InChI=1S/C24H26N6O3/c1-3-24(33)8-12-29(13-9-24)23(32)18-5-4-6-19(15-18)30(14-11-25-17(2)31)22-20-7-10-26-21(20)27-16-28-22/h1,4-7,10,15-16,33H,8-9,11-14H2,2H3,(H,25,31)(H,26,27,28). The lowest BCUT2D eigenvalue weighted by Crippen LogP contribution is -2.46. The number of aliphatic hydroxyl groups is 1. The Balaban J connectivity index is 1.62. The molecule has 9 nitrogen and oxygen atoms in total. The number of aromatic amines is 1. The highest BCUT2D eigenvalue weighted by molar-refractivity contribution is 5.96. The minimum Gasteiger partial charge on any atom is -0.377 e. The minimum absolute atomic E-state index is 0.118. The number of hydrogen-bond acceptors (Lipinski definition) is 6. The van der Waals surface area contributed by atoms with Gasteiger partial charge < -0.3 is 25.2 Å². The summed E-state index contributed by atoms with van der Waals surface area (Å²) in [7, 11) is 0. The van der Waals surface area contributed by atoms with Crippen molar-refractivity contribution in [3.63, 3.8) is 0 Å². The molecule has 170 valence electrons. The van der Waals surface area contributed by atoms with Gasteiger partial charge in [-0.3, -0.25) is 9.59 Å². The van der Waals surface area contributed by atoms with Gasteiger partial charge in [-0.25, -0.2) is 9.97 Å². The number of piperidine rings is 1. The first-order valence-corrected chi connectivity index (χ1v) is 10.8. The Kier molecular flexibility index (Phi) is 6.29. The van der Waals surface area contributed by atoms with Crippen molar-refractivity contribution in [3.05, 3.63) is 48.4 Å². The Morgan fingerprint density at radius 3 is 2.82 bits per heavy atom. The van der Waals surface area contributed by atoms with Crippen molar-refractivity contribution in [1.82, 2.24) is 25.2 Å². The molecule has 3 aromatic rings. The van der Waals surface area contributed by atoms with Gasteiger partial charge in [-0.1, -0.05) is 12.0 Å². The molecule has 3 heterocycles. The largest absolute Gasteiger partial charge is 0.377 e. The lowest BCUT2D eigenvalue weighted by molar-refractivity contribution is -0.118. The number of benzene rings is 1. The van der Waals surface area contributed by atoms with Gasteiger partial charge >= 0.3 is 0 Å². The molecular formula is C24H26N6O3. The highest BCUT2D eigenvalue weighted by atomic mass is 16.3. The number of amides is 2. The highest BCUT2D eigenvalue weighted by Crippen LogP contribution is 2.30. The predicted octanol–water partition coefficient (Wildman–Crippen LogP) is 1.83. The fraction of sp³-hybridized carbons (Fsp3) is 0.333. The molecule has 0 spiro atoms. The summed E-state index contributed by atoms with van der Waals surface area (Å²) in [5, 5.41) is 13.9. The van der Waals surface area contributed by atoms with Crippen LogP contribution < -0.4 is 10.2 Å². The van der Waals surface area contributed by atoms with Crippen LogP contribution >= 0.6 is 0 Å². The second kappa shape index (κ2) is 9.30. The number of anilines is 2. The van der Waals surface area contributed by atoms with E-state index < -0.39 is 5.60 Å². The summed E-state index contributed by atoms with van der Waals surface area (Å²) in [6.45, 7) is 3.12. The number of likely N-dealkylation sites (tertiary alicyclic amines) is 1. The molecule has 0 unspecified atom stereocenters. The summed E-state index contributed by atoms with van der Waals surface area (Å²) in [6.07, 6.45) is 9.40. The molecule has 1 aliphatic rings. The molecule has 1 fully saturated rings. The Morgan fingerprint density at radius 2 is 2.09 bits per heavy atom. The van der Waals surface area contributed by atoms with E-state index >= 15 is 0 Å². The van der Waals surface area contributed by atoms with Gasteiger partial charge in [0.15, 0.2) is 0 Å². The summed E-state index contributed by atoms with van der Waals surface area (Å²) in [4.78, 5) is 40.1. The van der Waals surface area contributed by atoms with E-state index in [1.165, 1.54) is 13.3 Å². The van der Waals surface area contributed by atoms with Crippen LogP contribution in [-0.2, 0) is 4.79 Å². The van der Waals surface area contributed by atoms with Crippen LogP contribution in [0.25, 0.3) is 11.0 Å². The number of rotatable bonds is 6. The summed E-state index contributed by atoms with van der Waals surface area (Å²) in [6, 6.07) is 9.21. The van der Waals surface area contributed by atoms with E-state index in [0.717, 1.165) is 11.1 Å². The monoisotopic (exact) mass is 446 g/mol. The lowest BCUT2D eigenvalue weighted by Gasteiger charge is -2.35. The van der Waals surface area contributed by atoms with Crippen LogP contribution in [0.1, 0.15) is 30.1 Å². The summed E-state index contributed by atoms with van der Waals surface area (Å²) in [5.41, 5.74) is 0.854. The summed E-state index contributed by atoms with van der Waals surface area (Å²) >= 11 is 0. The number of hydrogen-bond donors (Lipinski definition) is 3. The number of nitrogens with zero attached hydrogens (tertiary/aromatic N) is 4. The molecule has 0 atom stereocenters. The number of terminal acetylenes is 1. The fourth-order valence-corrected chi connectivity index (χ4v) is 3.99. The smallest absolute Gasteiger partial charge is 0.253 e. The van der Waals surface area contributed by atoms with Gasteiger partial charge in [0, 0.05) is 63.4 Å². The van der Waals surface area contributed by atoms with E-state index in [9.17, 15) is 14.7 Å². The van der Waals surface area contributed by atoms with Crippen LogP contribution in [0.5, 0.6) is 0 Å². The van der Waals surface area contributed by atoms with Crippen molar-refractivity contribution in [1.29, 1.82) is 0 Å². The second-order valence-corrected chi connectivity index (χ2v) is 8.09. The number of nitrogens with one attached hydrogen (secondary N) is 2. The van der Waals surface area contributed by atoms with Crippen molar-refractivity contribution >= 4 is 34.4 Å². The van der Waals surface area contributed by atoms with Gasteiger partial charge in [0.25, 0.3) is 5.91 Å². The van der Waals surface area contributed by atoms with Crippen LogP contribution in [0, 0.1) is 12.3 Å². The topological polar surface area (TPSA) is 114 Å². The first-order valence-electron chi connectivity index (χ1n) is 10.8. The predicted molar refractivity (Wildman–Crippen MR) is 125 cm³/mol. The molecule has 4 rings (SSSR count). The minimum atomic E-state index is -1.14. The molecule has 0 bridgehead atoms. The zero-order valence-corrected chi connectivity index (χ0v) is 18.4. The van der Waals surface area contributed by atoms with Crippen LogP contribution in [-0.4, -0.2) is 68.6 Å². The number of carbonyl (C=O) groups is 2. The zero-order valence-electron chi connectivity index (χ0n) is 18.4. The van der Waals surface area contributed by atoms with E-state index in [-0.39, 0.29) is 11.8 Å². The van der Waals surface area contributed by atoms with Gasteiger partial charge in [0.2, 0.25) is 5.91 Å². The number of H-pyrrole nitrogens is 1. The molecule has 3 N–H and O–H groups in total. The average Bonchev–Trinajstić information content (AvgIpc) is 3.31. The lowest BCUT2D eigenvalue weighted by atomic mass is 9.92. The zero-order chi connectivity index (χ0) is 23.4. The third kappa shape index (κ3) is 4.81. The summed E-state index contributed by atoms with van der Waals surface area (Å²) in [5.74, 6) is 2.86. The Hall–Kier alpha value is -3.90. The van der Waals surface area contributed by atoms with E-state index in [4.69, 9.17) is 6.42 Å². The van der Waals surface area contributed by atoms with Crippen molar-refractivity contribution < 1.29 is 14.7 Å². The SMILES string of the molecule is C#CC1(O)CCN(C(=O)c2cccc(N(CCNC(C)=O)c3ncnc4[nH]ccc34)c2)CC1. The van der Waals surface area contributed by atoms with Crippen molar-refractivity contribution in [3.8, 4) is 12.3 Å². The van der Waals surface area contributed by atoms with E-state index in [1.807, 2.05) is 29.2 Å². The summed E-state index contributed by atoms with van der Waals surface area (Å²) < 4.78 is 0. The average molecular weight is 447 g/mol. The number of fused-ring (bicyclic) bond motifs is 1. The van der Waals surface area contributed by atoms with Crippen LogP contribution in [0.2, 0.25) is 0 Å². The van der Waals surface area contributed by atoms with Crippen LogP contribution in [0.3, 0.4) is 0 Å². The maximum absolute atomic E-state index is 13.2. The normalized spacial score (nSPS) is 15.1. The molecule has 33 heavy (non-hydrogen) atoms. The Labute approximate surface area is 191 Å². The van der Waals surface area contributed by atoms with Crippen molar-refractivity contribution in [2.75, 3.05) is 31.1 Å². The highest BCUT2D eigenvalue weighted by Gasteiger charge is 2.32. The van der Waals surface area contributed by atoms with Gasteiger partial charge in [-0.05, 0) is 24.3 Å². The Bertz CT molecular complexity index is 1210. The molecule has 2 amide bonds. The van der Waals surface area contributed by atoms with E-state index in [0.29, 0.717) is 56.0 Å². The first-order chi connectivity index (χ1) is 15.9. The molecule has 1 aromatic carbocycles. The fourth-order valence-electron chi connectivity index (χ4n) is 3.99. The molecule has 9 heteroatoms. The molecule has 1 saturated heterocycles. The van der Waals surface area contributed by atoms with Gasteiger partial charge in [0.05, 0.1) is 5.39 Å². The quantitative estimate of drug-likeness (QED) is 0.498.